The van der Waals surface area contributed by atoms with Crippen molar-refractivity contribution in [2.45, 2.75) is 77.0 Å². The Morgan fingerprint density at radius 3 is 2.62 bits per heavy atom. The molecular formula is C25H30N4O3. The van der Waals surface area contributed by atoms with Gasteiger partial charge < -0.3 is 14.6 Å². The van der Waals surface area contributed by atoms with Crippen molar-refractivity contribution in [1.29, 1.82) is 0 Å². The van der Waals surface area contributed by atoms with Gasteiger partial charge in [0.25, 0.3) is 11.5 Å². The van der Waals surface area contributed by atoms with E-state index in [4.69, 9.17) is 9.84 Å². The zero-order valence-corrected chi connectivity index (χ0v) is 18.7. The first kappa shape index (κ1) is 20.8. The summed E-state index contributed by atoms with van der Waals surface area (Å²) >= 11 is 0. The molecule has 0 spiro atoms. The third-order valence-corrected chi connectivity index (χ3v) is 6.34. The van der Waals surface area contributed by atoms with E-state index in [2.05, 4.69) is 10.00 Å². The molecule has 1 N–H and O–H groups in total. The largest absolute Gasteiger partial charge is 0.490 e. The number of carbonyl (C=O) groups excluding carboxylic acids is 1. The van der Waals surface area contributed by atoms with E-state index in [9.17, 15) is 9.59 Å². The van der Waals surface area contributed by atoms with Crippen LogP contribution in [0.3, 0.4) is 0 Å². The Hall–Kier alpha value is -3.09. The molecule has 0 unspecified atom stereocenters. The SMILES string of the molecule is CC(C)Oc1cc2nn(C3CCCCC3)cc2cc1C(=O)Nc1cccn(C2CC2)c1=O. The molecule has 3 aromatic rings. The normalized spacial score (nSPS) is 17.1. The summed E-state index contributed by atoms with van der Waals surface area (Å²) in [6, 6.07) is 7.79. The molecule has 0 atom stereocenters. The molecule has 1 aromatic carbocycles. The Balaban J connectivity index is 1.49. The molecule has 2 heterocycles. The third kappa shape index (κ3) is 4.16. The van der Waals surface area contributed by atoms with Crippen LogP contribution in [0.5, 0.6) is 5.75 Å². The fraction of sp³-hybridized carbons (Fsp3) is 0.480. The van der Waals surface area contributed by atoms with E-state index in [0.29, 0.717) is 17.4 Å². The first-order valence-corrected chi connectivity index (χ1v) is 11.7. The summed E-state index contributed by atoms with van der Waals surface area (Å²) in [6.07, 6.45) is 11.8. The van der Waals surface area contributed by atoms with E-state index in [0.717, 1.165) is 36.6 Å². The molecule has 2 saturated carbocycles. The van der Waals surface area contributed by atoms with Crippen molar-refractivity contribution < 1.29 is 9.53 Å². The molecule has 1 amide bonds. The maximum Gasteiger partial charge on any atom is 0.274 e. The van der Waals surface area contributed by atoms with Gasteiger partial charge in [-0.05, 0) is 57.7 Å². The summed E-state index contributed by atoms with van der Waals surface area (Å²) in [5, 5.41) is 8.51. The number of hydrogen-bond donors (Lipinski definition) is 1. The number of fused-ring (bicyclic) bond motifs is 1. The van der Waals surface area contributed by atoms with Crippen molar-refractivity contribution in [2.75, 3.05) is 5.32 Å². The first-order valence-electron chi connectivity index (χ1n) is 11.7. The molecule has 2 aromatic heterocycles. The van der Waals surface area contributed by atoms with Crippen LogP contribution in [0.15, 0.2) is 41.5 Å². The average molecular weight is 435 g/mol. The second kappa shape index (κ2) is 8.45. The van der Waals surface area contributed by atoms with Crippen LogP contribution in [0, 0.1) is 0 Å². The van der Waals surface area contributed by atoms with Gasteiger partial charge in [-0.1, -0.05) is 19.3 Å². The van der Waals surface area contributed by atoms with Crippen LogP contribution in [-0.4, -0.2) is 26.4 Å². The molecule has 2 aliphatic rings. The Kier molecular flexibility index (Phi) is 5.49. The quantitative estimate of drug-likeness (QED) is 0.587. The first-order chi connectivity index (χ1) is 15.5. The Labute approximate surface area is 187 Å². The Bertz CT molecular complexity index is 1200. The summed E-state index contributed by atoms with van der Waals surface area (Å²) in [7, 11) is 0. The van der Waals surface area contributed by atoms with Gasteiger partial charge in [0, 0.05) is 29.9 Å². The smallest absolute Gasteiger partial charge is 0.274 e. The number of amides is 1. The predicted octanol–water partition coefficient (Wildman–Crippen LogP) is 5.08. The van der Waals surface area contributed by atoms with E-state index >= 15 is 0 Å². The minimum atomic E-state index is -0.349. The van der Waals surface area contributed by atoms with E-state index in [1.165, 1.54) is 19.3 Å². The van der Waals surface area contributed by atoms with Crippen molar-refractivity contribution in [3.05, 3.63) is 52.6 Å². The van der Waals surface area contributed by atoms with Crippen LogP contribution in [0.4, 0.5) is 5.69 Å². The number of rotatable bonds is 6. The Morgan fingerprint density at radius 2 is 1.91 bits per heavy atom. The number of nitrogens with zero attached hydrogens (tertiary/aromatic N) is 3. The van der Waals surface area contributed by atoms with Crippen LogP contribution in [0.1, 0.15) is 81.2 Å². The Morgan fingerprint density at radius 1 is 1.12 bits per heavy atom. The number of aromatic nitrogens is 3. The molecule has 2 fully saturated rings. The average Bonchev–Trinajstić information content (AvgIpc) is 3.53. The fourth-order valence-electron chi connectivity index (χ4n) is 4.57. The van der Waals surface area contributed by atoms with Crippen LogP contribution in [0.2, 0.25) is 0 Å². The molecule has 2 aliphatic carbocycles. The van der Waals surface area contributed by atoms with Gasteiger partial charge in [-0.3, -0.25) is 14.3 Å². The van der Waals surface area contributed by atoms with Crippen molar-refractivity contribution >= 4 is 22.5 Å². The molecule has 0 aliphatic heterocycles. The zero-order chi connectivity index (χ0) is 22.2. The fourth-order valence-corrected chi connectivity index (χ4v) is 4.57. The van der Waals surface area contributed by atoms with Crippen molar-refractivity contribution in [1.82, 2.24) is 14.3 Å². The predicted molar refractivity (Wildman–Crippen MR) is 125 cm³/mol. The highest BCUT2D eigenvalue weighted by Crippen LogP contribution is 2.34. The molecule has 0 radical (unpaired) electrons. The standard InChI is InChI=1S/C25H30N4O3/c1-16(2)32-23-14-22-17(15-29(27-22)19-7-4-3-5-8-19)13-20(23)24(30)26-21-9-6-12-28(25(21)31)18-10-11-18/h6,9,12-16,18-19H,3-5,7-8,10-11H2,1-2H3,(H,26,30). The maximum absolute atomic E-state index is 13.3. The van der Waals surface area contributed by atoms with Crippen molar-refractivity contribution in [2.24, 2.45) is 0 Å². The van der Waals surface area contributed by atoms with Gasteiger partial charge in [-0.2, -0.15) is 5.10 Å². The molecular weight excluding hydrogens is 404 g/mol. The topological polar surface area (TPSA) is 78.2 Å². The monoisotopic (exact) mass is 434 g/mol. The highest BCUT2D eigenvalue weighted by atomic mass is 16.5. The number of nitrogens with one attached hydrogen (secondary N) is 1. The van der Waals surface area contributed by atoms with E-state index in [1.54, 1.807) is 22.9 Å². The lowest BCUT2D eigenvalue weighted by atomic mass is 9.96. The molecule has 5 rings (SSSR count). The zero-order valence-electron chi connectivity index (χ0n) is 18.7. The molecule has 0 bridgehead atoms. The molecule has 32 heavy (non-hydrogen) atoms. The van der Waals surface area contributed by atoms with E-state index in [1.807, 2.05) is 32.2 Å². The number of ether oxygens (including phenoxy) is 1. The second-order valence-corrected chi connectivity index (χ2v) is 9.29. The number of hydrogen-bond acceptors (Lipinski definition) is 4. The maximum atomic E-state index is 13.3. The lowest BCUT2D eigenvalue weighted by Gasteiger charge is -2.21. The van der Waals surface area contributed by atoms with Gasteiger partial charge in [-0.15, -0.1) is 0 Å². The lowest BCUT2D eigenvalue weighted by molar-refractivity contribution is 0.102. The molecule has 7 nitrogen and oxygen atoms in total. The molecule has 168 valence electrons. The summed E-state index contributed by atoms with van der Waals surface area (Å²) in [4.78, 5) is 26.0. The molecule has 7 heteroatoms. The minimum absolute atomic E-state index is 0.0942. The van der Waals surface area contributed by atoms with Gasteiger partial charge in [0.1, 0.15) is 11.4 Å². The van der Waals surface area contributed by atoms with Crippen LogP contribution in [0.25, 0.3) is 10.9 Å². The lowest BCUT2D eigenvalue weighted by Crippen LogP contribution is -2.25. The van der Waals surface area contributed by atoms with Crippen molar-refractivity contribution in [3.63, 3.8) is 0 Å². The van der Waals surface area contributed by atoms with Gasteiger partial charge in [0.05, 0.1) is 23.2 Å². The van der Waals surface area contributed by atoms with E-state index < -0.39 is 0 Å². The van der Waals surface area contributed by atoms with Crippen molar-refractivity contribution in [3.8, 4) is 5.75 Å². The van der Waals surface area contributed by atoms with Gasteiger partial charge in [0.15, 0.2) is 0 Å². The highest BCUT2D eigenvalue weighted by Gasteiger charge is 2.26. The van der Waals surface area contributed by atoms with Gasteiger partial charge in [0.2, 0.25) is 0 Å². The third-order valence-electron chi connectivity index (χ3n) is 6.34. The van der Waals surface area contributed by atoms with Crippen LogP contribution >= 0.6 is 0 Å². The second-order valence-electron chi connectivity index (χ2n) is 9.29. The summed E-state index contributed by atoms with van der Waals surface area (Å²) in [5.74, 6) is 0.135. The summed E-state index contributed by atoms with van der Waals surface area (Å²) < 4.78 is 9.73. The number of carbonyl (C=O) groups is 1. The van der Waals surface area contributed by atoms with Crippen LogP contribution in [-0.2, 0) is 0 Å². The number of anilines is 1. The highest BCUT2D eigenvalue weighted by molar-refractivity contribution is 6.08. The van der Waals surface area contributed by atoms with E-state index in [-0.39, 0.29) is 29.3 Å². The van der Waals surface area contributed by atoms with Crippen LogP contribution < -0.4 is 15.6 Å². The summed E-state index contributed by atoms with van der Waals surface area (Å²) in [5.41, 5.74) is 1.35. The van der Waals surface area contributed by atoms with Gasteiger partial charge in [-0.25, -0.2) is 0 Å². The minimum Gasteiger partial charge on any atom is -0.490 e. The summed E-state index contributed by atoms with van der Waals surface area (Å²) in [6.45, 7) is 3.86. The molecule has 0 saturated heterocycles. The number of pyridine rings is 1. The number of benzene rings is 1. The van der Waals surface area contributed by atoms with Gasteiger partial charge >= 0.3 is 0 Å².